The molecular formula is C20H14Cl2N6O2. The van der Waals surface area contributed by atoms with E-state index in [4.69, 9.17) is 28.9 Å². The Morgan fingerprint density at radius 1 is 1.27 bits per heavy atom. The Hall–Kier alpha value is -3.41. The Bertz CT molecular complexity index is 1260. The molecule has 30 heavy (non-hydrogen) atoms. The van der Waals surface area contributed by atoms with Crippen LogP contribution in [0.25, 0.3) is 11.1 Å². The van der Waals surface area contributed by atoms with Gasteiger partial charge in [0.15, 0.2) is 5.82 Å². The number of non-ortho nitro benzene ring substituents is 1. The van der Waals surface area contributed by atoms with Crippen molar-refractivity contribution in [2.45, 2.75) is 13.0 Å². The summed E-state index contributed by atoms with van der Waals surface area (Å²) in [5, 5.41) is 26.5. The first-order valence-corrected chi connectivity index (χ1v) is 9.60. The normalized spacial score (nSPS) is 17.7. The molecule has 2 atom stereocenters. The molecule has 0 fully saturated rings. The van der Waals surface area contributed by atoms with Gasteiger partial charge in [0.1, 0.15) is 17.8 Å². The number of nitro benzene ring substituents is 1. The highest BCUT2D eigenvalue weighted by Crippen LogP contribution is 2.44. The van der Waals surface area contributed by atoms with Gasteiger partial charge >= 0.3 is 0 Å². The highest BCUT2D eigenvalue weighted by Gasteiger charge is 2.37. The molecule has 0 saturated heterocycles. The lowest BCUT2D eigenvalue weighted by atomic mass is 9.91. The molecule has 1 aliphatic rings. The molecule has 2 N–H and O–H groups in total. The van der Waals surface area contributed by atoms with E-state index in [0.29, 0.717) is 38.2 Å². The predicted molar refractivity (Wildman–Crippen MR) is 114 cm³/mol. The highest BCUT2D eigenvalue weighted by molar-refractivity contribution is 6.36. The van der Waals surface area contributed by atoms with Crippen molar-refractivity contribution < 1.29 is 4.92 Å². The van der Waals surface area contributed by atoms with Crippen LogP contribution in [-0.4, -0.2) is 20.5 Å². The van der Waals surface area contributed by atoms with Crippen LogP contribution in [0.3, 0.4) is 0 Å². The Labute approximate surface area is 181 Å². The van der Waals surface area contributed by atoms with Crippen molar-refractivity contribution in [1.82, 2.24) is 9.78 Å². The van der Waals surface area contributed by atoms with Gasteiger partial charge in [-0.25, -0.2) is 9.67 Å². The third-order valence-electron chi connectivity index (χ3n) is 4.96. The molecule has 1 aromatic heterocycles. The minimum Gasteiger partial charge on any atom is -0.386 e. The van der Waals surface area contributed by atoms with Crippen molar-refractivity contribution in [3.63, 3.8) is 0 Å². The van der Waals surface area contributed by atoms with E-state index in [0.717, 1.165) is 0 Å². The molecule has 0 radical (unpaired) electrons. The Morgan fingerprint density at radius 3 is 2.70 bits per heavy atom. The zero-order valence-corrected chi connectivity index (χ0v) is 17.1. The van der Waals surface area contributed by atoms with E-state index in [-0.39, 0.29) is 11.5 Å². The van der Waals surface area contributed by atoms with Crippen molar-refractivity contribution >= 4 is 40.5 Å². The number of nitriles is 1. The number of rotatable bonds is 3. The first kappa shape index (κ1) is 19.9. The summed E-state index contributed by atoms with van der Waals surface area (Å²) in [5.41, 5.74) is 8.55. The maximum absolute atomic E-state index is 11.2. The molecule has 0 spiro atoms. The number of amidine groups is 1. The monoisotopic (exact) mass is 440 g/mol. The second-order valence-electron chi connectivity index (χ2n) is 6.79. The Kier molecular flexibility index (Phi) is 4.94. The van der Waals surface area contributed by atoms with E-state index in [1.54, 1.807) is 41.9 Å². The Balaban J connectivity index is 1.96. The SMILES string of the molecule is Cc1nn2c(c1-c1ccc(Cl)cc1Cl)N=C(N)C(C#N)C2c1cccc([N+](=O)[O-])c1. The van der Waals surface area contributed by atoms with Crippen LogP contribution in [-0.2, 0) is 0 Å². The number of aryl methyl sites for hydroxylation is 1. The quantitative estimate of drug-likeness (QED) is 0.462. The fraction of sp³-hybridized carbons (Fsp3) is 0.150. The fourth-order valence-corrected chi connectivity index (χ4v) is 4.13. The number of fused-ring (bicyclic) bond motifs is 1. The fourth-order valence-electron chi connectivity index (χ4n) is 3.63. The van der Waals surface area contributed by atoms with E-state index in [1.807, 2.05) is 0 Å². The summed E-state index contributed by atoms with van der Waals surface area (Å²) in [6.07, 6.45) is 0. The standard InChI is InChI=1S/C20H14Cl2N6O2/c1-10-17(14-6-5-12(21)8-16(14)22)20-25-19(24)15(9-23)18(27(20)26-10)11-3-2-4-13(7-11)28(29)30/h2-8,15,18H,1H3,(H2,24,25). The summed E-state index contributed by atoms with van der Waals surface area (Å²) < 4.78 is 1.58. The van der Waals surface area contributed by atoms with Crippen LogP contribution < -0.4 is 5.73 Å². The topological polar surface area (TPSA) is 123 Å². The van der Waals surface area contributed by atoms with Gasteiger partial charge in [0.05, 0.1) is 27.3 Å². The number of aromatic nitrogens is 2. The van der Waals surface area contributed by atoms with Crippen molar-refractivity contribution in [1.29, 1.82) is 5.26 Å². The van der Waals surface area contributed by atoms with E-state index >= 15 is 0 Å². The average molecular weight is 441 g/mol. The summed E-state index contributed by atoms with van der Waals surface area (Å²) in [7, 11) is 0. The second-order valence-corrected chi connectivity index (χ2v) is 7.64. The van der Waals surface area contributed by atoms with Crippen molar-refractivity contribution in [3.8, 4) is 17.2 Å². The van der Waals surface area contributed by atoms with Gasteiger partial charge in [-0.1, -0.05) is 41.4 Å². The number of aliphatic imine (C=N–C) groups is 1. The number of hydrogen-bond donors (Lipinski definition) is 1. The maximum Gasteiger partial charge on any atom is 0.269 e. The maximum atomic E-state index is 11.2. The summed E-state index contributed by atoms with van der Waals surface area (Å²) in [6.45, 7) is 1.79. The first-order valence-electron chi connectivity index (χ1n) is 8.84. The molecule has 1 aliphatic heterocycles. The van der Waals surface area contributed by atoms with Crippen LogP contribution in [0.1, 0.15) is 17.3 Å². The van der Waals surface area contributed by atoms with E-state index in [9.17, 15) is 15.4 Å². The van der Waals surface area contributed by atoms with Gasteiger partial charge < -0.3 is 5.73 Å². The molecule has 8 nitrogen and oxygen atoms in total. The van der Waals surface area contributed by atoms with E-state index in [2.05, 4.69) is 16.2 Å². The van der Waals surface area contributed by atoms with E-state index < -0.39 is 16.9 Å². The molecule has 0 amide bonds. The van der Waals surface area contributed by atoms with Gasteiger partial charge in [0.2, 0.25) is 0 Å². The van der Waals surface area contributed by atoms with Crippen LogP contribution in [0.5, 0.6) is 0 Å². The van der Waals surface area contributed by atoms with Crippen molar-refractivity contribution in [2.75, 3.05) is 0 Å². The van der Waals surface area contributed by atoms with E-state index in [1.165, 1.54) is 12.1 Å². The minimum atomic E-state index is -0.840. The van der Waals surface area contributed by atoms with Gasteiger partial charge in [-0.3, -0.25) is 10.1 Å². The number of nitrogens with two attached hydrogens (primary N) is 1. The summed E-state index contributed by atoms with van der Waals surface area (Å²) >= 11 is 12.4. The number of benzene rings is 2. The zero-order chi connectivity index (χ0) is 21.6. The number of hydrogen-bond acceptors (Lipinski definition) is 6. The van der Waals surface area contributed by atoms with Gasteiger partial charge in [-0.15, -0.1) is 0 Å². The molecule has 2 heterocycles. The third-order valence-corrected chi connectivity index (χ3v) is 5.50. The summed E-state index contributed by atoms with van der Waals surface area (Å²) in [6, 6.07) is 12.6. The number of nitrogens with zero attached hydrogens (tertiary/aromatic N) is 5. The lowest BCUT2D eigenvalue weighted by Crippen LogP contribution is -2.35. The summed E-state index contributed by atoms with van der Waals surface area (Å²) in [4.78, 5) is 15.2. The van der Waals surface area contributed by atoms with Crippen LogP contribution in [0, 0.1) is 34.3 Å². The molecule has 3 aromatic rings. The van der Waals surface area contributed by atoms with Crippen LogP contribution in [0.4, 0.5) is 11.5 Å². The van der Waals surface area contributed by atoms with Gasteiger partial charge in [0.25, 0.3) is 5.69 Å². The number of nitro groups is 1. The van der Waals surface area contributed by atoms with Crippen LogP contribution in [0.15, 0.2) is 47.5 Å². The lowest BCUT2D eigenvalue weighted by molar-refractivity contribution is -0.384. The van der Waals surface area contributed by atoms with Crippen LogP contribution >= 0.6 is 23.2 Å². The minimum absolute atomic E-state index is 0.0864. The molecule has 2 aromatic carbocycles. The summed E-state index contributed by atoms with van der Waals surface area (Å²) in [5.74, 6) is -0.308. The number of halogens is 2. The zero-order valence-electron chi connectivity index (χ0n) is 15.6. The Morgan fingerprint density at radius 2 is 2.03 bits per heavy atom. The van der Waals surface area contributed by atoms with Crippen LogP contribution in [0.2, 0.25) is 10.0 Å². The molecule has 0 saturated carbocycles. The molecule has 0 bridgehead atoms. The molecule has 2 unspecified atom stereocenters. The average Bonchev–Trinajstić information content (AvgIpc) is 3.02. The molecule has 150 valence electrons. The predicted octanol–water partition coefficient (Wildman–Crippen LogP) is 4.81. The van der Waals surface area contributed by atoms with Gasteiger partial charge in [-0.05, 0) is 24.6 Å². The smallest absolute Gasteiger partial charge is 0.269 e. The molecule has 0 aliphatic carbocycles. The van der Waals surface area contributed by atoms with Gasteiger partial charge in [0, 0.05) is 22.7 Å². The highest BCUT2D eigenvalue weighted by atomic mass is 35.5. The van der Waals surface area contributed by atoms with Gasteiger partial charge in [-0.2, -0.15) is 10.4 Å². The first-order chi connectivity index (χ1) is 14.3. The molecular weight excluding hydrogens is 427 g/mol. The molecule has 4 rings (SSSR count). The second kappa shape index (κ2) is 7.44. The lowest BCUT2D eigenvalue weighted by Gasteiger charge is -2.27. The van der Waals surface area contributed by atoms with Crippen molar-refractivity contribution in [2.24, 2.45) is 16.6 Å². The largest absolute Gasteiger partial charge is 0.386 e. The molecule has 10 heteroatoms. The van der Waals surface area contributed by atoms with Crippen molar-refractivity contribution in [3.05, 3.63) is 73.9 Å². The third kappa shape index (κ3) is 3.18.